The van der Waals surface area contributed by atoms with Crippen LogP contribution in [0.1, 0.15) is 0 Å². The van der Waals surface area contributed by atoms with Crippen molar-refractivity contribution < 1.29 is 5.11 Å². The van der Waals surface area contributed by atoms with Crippen LogP contribution in [0.5, 0.6) is 5.88 Å². The topological polar surface area (TPSA) is 33.1 Å². The first kappa shape index (κ1) is 5.38. The average molecular weight is 129 g/mol. The fraction of sp³-hybridized carbons (Fsp3) is 0. The molecule has 1 radical (unpaired) electrons. The summed E-state index contributed by atoms with van der Waals surface area (Å²) in [7, 11) is 0. The van der Waals surface area contributed by atoms with Crippen molar-refractivity contribution in [1.82, 2.24) is 4.98 Å². The second-order valence-electron chi connectivity index (χ2n) is 1.26. The quantitative estimate of drug-likeness (QED) is 0.570. The van der Waals surface area contributed by atoms with Gasteiger partial charge < -0.3 is 5.11 Å². The Labute approximate surface area is 51.7 Å². The molecule has 0 fully saturated rings. The van der Waals surface area contributed by atoms with Crippen LogP contribution in [-0.2, 0) is 0 Å². The molecule has 0 spiro atoms. The molecule has 0 bridgehead atoms. The highest BCUT2D eigenvalue weighted by atomic mass is 35.5. The maximum Gasteiger partial charge on any atom is 0.211 e. The van der Waals surface area contributed by atoms with Crippen LogP contribution in [0, 0.1) is 6.20 Å². The number of hydrogen-bond acceptors (Lipinski definition) is 2. The third-order valence-electron chi connectivity index (χ3n) is 0.656. The lowest BCUT2D eigenvalue weighted by molar-refractivity contribution is 0.453. The molecule has 1 rings (SSSR count). The molecule has 1 N–H and O–H groups in total. The van der Waals surface area contributed by atoms with E-state index in [1.54, 1.807) is 0 Å². The van der Waals surface area contributed by atoms with E-state index in [2.05, 4.69) is 11.2 Å². The second-order valence-corrected chi connectivity index (χ2v) is 1.67. The first-order valence-electron chi connectivity index (χ1n) is 2.02. The van der Waals surface area contributed by atoms with Gasteiger partial charge >= 0.3 is 0 Å². The van der Waals surface area contributed by atoms with E-state index in [0.29, 0.717) is 5.02 Å². The van der Waals surface area contributed by atoms with Crippen molar-refractivity contribution in [2.45, 2.75) is 0 Å². The van der Waals surface area contributed by atoms with Gasteiger partial charge in [0.05, 0.1) is 5.02 Å². The average Bonchev–Trinajstić information content (AvgIpc) is 1.77. The maximum absolute atomic E-state index is 8.56. The van der Waals surface area contributed by atoms with E-state index >= 15 is 0 Å². The second kappa shape index (κ2) is 2.01. The molecule has 0 aromatic carbocycles. The molecule has 41 valence electrons. The number of aromatic nitrogens is 1. The van der Waals surface area contributed by atoms with E-state index in [1.165, 1.54) is 12.1 Å². The summed E-state index contributed by atoms with van der Waals surface area (Å²) in [4.78, 5) is 3.38. The summed E-state index contributed by atoms with van der Waals surface area (Å²) in [5, 5.41) is 8.96. The van der Waals surface area contributed by atoms with Gasteiger partial charge in [-0.1, -0.05) is 11.6 Å². The first-order chi connectivity index (χ1) is 3.79. The molecule has 0 saturated carbocycles. The zero-order chi connectivity index (χ0) is 5.98. The smallest absolute Gasteiger partial charge is 0.211 e. The zero-order valence-electron chi connectivity index (χ0n) is 3.93. The number of hydrogen-bond donors (Lipinski definition) is 1. The fourth-order valence-corrected chi connectivity index (χ4v) is 0.438. The molecular weight excluding hydrogens is 126 g/mol. The van der Waals surface area contributed by atoms with E-state index in [0.717, 1.165) is 0 Å². The van der Waals surface area contributed by atoms with Crippen LogP contribution in [0.4, 0.5) is 0 Å². The Morgan fingerprint density at radius 1 is 1.62 bits per heavy atom. The molecule has 0 atom stereocenters. The summed E-state index contributed by atoms with van der Waals surface area (Å²) in [6, 6.07) is 2.92. The Morgan fingerprint density at radius 3 is 2.75 bits per heavy atom. The molecule has 0 unspecified atom stereocenters. The number of halogens is 1. The third kappa shape index (κ3) is 1.10. The predicted molar refractivity (Wildman–Crippen MR) is 29.7 cm³/mol. The van der Waals surface area contributed by atoms with Gasteiger partial charge in [-0.05, 0) is 6.07 Å². The Morgan fingerprint density at radius 2 is 2.38 bits per heavy atom. The van der Waals surface area contributed by atoms with E-state index in [9.17, 15) is 0 Å². The van der Waals surface area contributed by atoms with E-state index in [4.69, 9.17) is 16.7 Å². The van der Waals surface area contributed by atoms with Crippen molar-refractivity contribution in [3.05, 3.63) is 23.4 Å². The third-order valence-corrected chi connectivity index (χ3v) is 0.866. The molecular formula is C5H3ClNO. The van der Waals surface area contributed by atoms with Crippen LogP contribution in [-0.4, -0.2) is 10.1 Å². The van der Waals surface area contributed by atoms with Gasteiger partial charge in [-0.15, -0.1) is 0 Å². The summed E-state index contributed by atoms with van der Waals surface area (Å²) in [6.07, 6.45) is 2.36. The number of nitrogens with zero attached hydrogens (tertiary/aromatic N) is 1. The molecule has 1 aromatic rings. The van der Waals surface area contributed by atoms with Crippen LogP contribution >= 0.6 is 11.6 Å². The van der Waals surface area contributed by atoms with E-state index in [1.807, 2.05) is 0 Å². The van der Waals surface area contributed by atoms with Crippen molar-refractivity contribution in [1.29, 1.82) is 0 Å². The Balaban J connectivity index is 3.03. The van der Waals surface area contributed by atoms with Crippen LogP contribution in [0.25, 0.3) is 0 Å². The fourth-order valence-electron chi connectivity index (χ4n) is 0.333. The summed E-state index contributed by atoms with van der Waals surface area (Å²) in [6.45, 7) is 0. The zero-order valence-corrected chi connectivity index (χ0v) is 4.68. The Kier molecular flexibility index (Phi) is 1.35. The van der Waals surface area contributed by atoms with Gasteiger partial charge in [0.1, 0.15) is 6.20 Å². The molecule has 8 heavy (non-hydrogen) atoms. The largest absolute Gasteiger partial charge is 0.493 e. The van der Waals surface area contributed by atoms with Crippen molar-refractivity contribution in [2.75, 3.05) is 0 Å². The summed E-state index contributed by atoms with van der Waals surface area (Å²) in [5.41, 5.74) is 0. The minimum Gasteiger partial charge on any atom is -0.493 e. The highest BCUT2D eigenvalue weighted by Gasteiger charge is 1.86. The normalized spacial score (nSPS) is 9.12. The van der Waals surface area contributed by atoms with Crippen LogP contribution in [0.2, 0.25) is 5.02 Å². The maximum atomic E-state index is 8.56. The highest BCUT2D eigenvalue weighted by Crippen LogP contribution is 2.07. The van der Waals surface area contributed by atoms with Gasteiger partial charge in [0.15, 0.2) is 0 Å². The Hall–Kier alpha value is -0.760. The SMILES string of the molecule is Oc1ccc(Cl)[c]n1. The molecule has 1 aromatic heterocycles. The van der Waals surface area contributed by atoms with Crippen molar-refractivity contribution >= 4 is 11.6 Å². The van der Waals surface area contributed by atoms with Gasteiger partial charge in [0.2, 0.25) is 5.88 Å². The van der Waals surface area contributed by atoms with Crippen molar-refractivity contribution in [2.24, 2.45) is 0 Å². The lowest BCUT2D eigenvalue weighted by Gasteiger charge is -1.85. The van der Waals surface area contributed by atoms with E-state index in [-0.39, 0.29) is 5.88 Å². The number of pyridine rings is 1. The number of rotatable bonds is 0. The van der Waals surface area contributed by atoms with Gasteiger partial charge in [-0.3, -0.25) is 0 Å². The van der Waals surface area contributed by atoms with E-state index < -0.39 is 0 Å². The molecule has 0 aliphatic heterocycles. The van der Waals surface area contributed by atoms with Crippen molar-refractivity contribution in [3.63, 3.8) is 0 Å². The molecule has 0 amide bonds. The molecule has 3 heteroatoms. The van der Waals surface area contributed by atoms with Gasteiger partial charge in [0, 0.05) is 6.07 Å². The monoisotopic (exact) mass is 128 g/mol. The minimum atomic E-state index is -0.0607. The molecule has 2 nitrogen and oxygen atoms in total. The van der Waals surface area contributed by atoms with Crippen LogP contribution in [0.3, 0.4) is 0 Å². The van der Waals surface area contributed by atoms with Crippen molar-refractivity contribution in [3.8, 4) is 5.88 Å². The van der Waals surface area contributed by atoms with Gasteiger partial charge in [0.25, 0.3) is 0 Å². The molecule has 0 aliphatic rings. The standard InChI is InChI=1S/C5H3ClNO/c6-4-1-2-5(8)7-3-4/h1-2H,(H,7,8). The summed E-state index contributed by atoms with van der Waals surface area (Å²) >= 11 is 5.38. The summed E-state index contributed by atoms with van der Waals surface area (Å²) in [5.74, 6) is -0.0607. The lowest BCUT2D eigenvalue weighted by Crippen LogP contribution is -1.70. The van der Waals surface area contributed by atoms with Gasteiger partial charge in [-0.25, -0.2) is 4.98 Å². The lowest BCUT2D eigenvalue weighted by atomic mass is 10.5. The Bertz CT molecular complexity index is 151. The number of aromatic hydroxyl groups is 1. The first-order valence-corrected chi connectivity index (χ1v) is 2.40. The summed E-state index contributed by atoms with van der Waals surface area (Å²) < 4.78 is 0. The molecule has 1 heterocycles. The highest BCUT2D eigenvalue weighted by molar-refractivity contribution is 6.30. The minimum absolute atomic E-state index is 0.0607. The molecule has 0 aliphatic carbocycles. The molecule has 0 saturated heterocycles. The van der Waals surface area contributed by atoms with Crippen LogP contribution in [0.15, 0.2) is 12.1 Å². The van der Waals surface area contributed by atoms with Gasteiger partial charge in [-0.2, -0.15) is 0 Å². The van der Waals surface area contributed by atoms with Crippen LogP contribution < -0.4 is 0 Å². The predicted octanol–water partition coefficient (Wildman–Crippen LogP) is 1.24.